The van der Waals surface area contributed by atoms with Gasteiger partial charge < -0.3 is 23.8 Å². The van der Waals surface area contributed by atoms with Crippen molar-refractivity contribution in [2.45, 2.75) is 45.2 Å². The molecule has 1 aromatic carbocycles. The highest BCUT2D eigenvalue weighted by Gasteiger charge is 2.29. The van der Waals surface area contributed by atoms with Gasteiger partial charge in [-0.2, -0.15) is 0 Å². The minimum Gasteiger partial charge on any atom is -0.493 e. The van der Waals surface area contributed by atoms with Gasteiger partial charge in [0.1, 0.15) is 13.2 Å². The summed E-state index contributed by atoms with van der Waals surface area (Å²) in [6.07, 6.45) is 5.97. The second-order valence-electron chi connectivity index (χ2n) is 7.12. The van der Waals surface area contributed by atoms with E-state index >= 15 is 0 Å². The molecule has 2 aliphatic heterocycles. The fourth-order valence-corrected chi connectivity index (χ4v) is 3.72. The van der Waals surface area contributed by atoms with Crippen molar-refractivity contribution in [3.63, 3.8) is 0 Å². The number of carbonyl (C=O) groups is 2. The molecule has 7 heteroatoms. The molecule has 1 amide bonds. The Morgan fingerprint density at radius 2 is 1.89 bits per heavy atom. The van der Waals surface area contributed by atoms with E-state index in [1.807, 2.05) is 18.7 Å². The molecule has 152 valence electrons. The number of methoxy groups -OCH3 is 1. The lowest BCUT2D eigenvalue weighted by molar-refractivity contribution is -0.151. The number of hydrogen-bond donors (Lipinski definition) is 0. The van der Waals surface area contributed by atoms with Crippen molar-refractivity contribution >= 4 is 18.0 Å². The number of nitrogens with zero attached hydrogens (tertiary/aromatic N) is 1. The van der Waals surface area contributed by atoms with Gasteiger partial charge in [-0.1, -0.05) is 0 Å². The Hall–Kier alpha value is -2.70. The Labute approximate surface area is 165 Å². The van der Waals surface area contributed by atoms with Crippen LogP contribution in [0.5, 0.6) is 17.2 Å². The van der Waals surface area contributed by atoms with Gasteiger partial charge in [-0.15, -0.1) is 0 Å². The summed E-state index contributed by atoms with van der Waals surface area (Å²) in [5.41, 5.74) is 0.711. The van der Waals surface area contributed by atoms with Crippen LogP contribution >= 0.6 is 0 Å². The SMILES string of the molecule is COc1cc(/C=C/C(=O)OCC(=O)N2[C@H](C)CCC[C@H]2C)cc2c1OCCO2. The van der Waals surface area contributed by atoms with Crippen LogP contribution in [-0.2, 0) is 14.3 Å². The number of hydrogen-bond acceptors (Lipinski definition) is 6. The Bertz CT molecular complexity index is 732. The van der Waals surface area contributed by atoms with E-state index in [0.29, 0.717) is 36.0 Å². The van der Waals surface area contributed by atoms with Crippen LogP contribution in [0.25, 0.3) is 6.08 Å². The van der Waals surface area contributed by atoms with Gasteiger partial charge in [0.05, 0.1) is 7.11 Å². The number of amides is 1. The predicted molar refractivity (Wildman–Crippen MR) is 104 cm³/mol. The van der Waals surface area contributed by atoms with Crippen molar-refractivity contribution < 1.29 is 28.5 Å². The number of ether oxygens (including phenoxy) is 4. The highest BCUT2D eigenvalue weighted by molar-refractivity contribution is 5.89. The molecule has 3 rings (SSSR count). The standard InChI is InChI=1S/C21H27NO6/c1-14-5-4-6-15(2)22(14)19(23)13-28-20(24)8-7-16-11-17(25-3)21-18(12-16)26-9-10-27-21/h7-8,11-12,14-15H,4-6,9-10,13H2,1-3H3/b8-7+/t14-,15-/m1/s1. The van der Waals surface area contributed by atoms with Gasteiger partial charge >= 0.3 is 5.97 Å². The van der Waals surface area contributed by atoms with E-state index < -0.39 is 5.97 Å². The molecule has 28 heavy (non-hydrogen) atoms. The van der Waals surface area contributed by atoms with Gasteiger partial charge in [0, 0.05) is 18.2 Å². The summed E-state index contributed by atoms with van der Waals surface area (Å²) in [5, 5.41) is 0. The minimum atomic E-state index is -0.570. The van der Waals surface area contributed by atoms with Crippen LogP contribution in [0.1, 0.15) is 38.7 Å². The molecular weight excluding hydrogens is 362 g/mol. The summed E-state index contributed by atoms with van der Waals surface area (Å²) in [6.45, 7) is 4.74. The van der Waals surface area contributed by atoms with Crippen LogP contribution in [-0.4, -0.2) is 55.8 Å². The molecule has 7 nitrogen and oxygen atoms in total. The zero-order chi connectivity index (χ0) is 20.1. The third kappa shape index (κ3) is 4.58. The van der Waals surface area contributed by atoms with Crippen LogP contribution in [0.4, 0.5) is 0 Å². The average Bonchev–Trinajstić information content (AvgIpc) is 2.69. The molecule has 0 spiro atoms. The first-order valence-corrected chi connectivity index (χ1v) is 9.63. The first kappa shape index (κ1) is 20.0. The Morgan fingerprint density at radius 3 is 2.61 bits per heavy atom. The summed E-state index contributed by atoms with van der Waals surface area (Å²) in [6, 6.07) is 3.87. The van der Waals surface area contributed by atoms with Gasteiger partial charge in [-0.05, 0) is 56.9 Å². The second kappa shape index (κ2) is 8.99. The van der Waals surface area contributed by atoms with E-state index in [-0.39, 0.29) is 24.6 Å². The van der Waals surface area contributed by atoms with Crippen LogP contribution in [0.2, 0.25) is 0 Å². The normalized spacial score (nSPS) is 21.5. The number of rotatable bonds is 5. The molecule has 2 heterocycles. The largest absolute Gasteiger partial charge is 0.493 e. The molecule has 0 radical (unpaired) electrons. The first-order valence-electron chi connectivity index (χ1n) is 9.63. The smallest absolute Gasteiger partial charge is 0.331 e. The van der Waals surface area contributed by atoms with Crippen LogP contribution in [0, 0.1) is 0 Å². The number of piperidine rings is 1. The van der Waals surface area contributed by atoms with Gasteiger partial charge in [0.25, 0.3) is 5.91 Å². The van der Waals surface area contributed by atoms with Gasteiger partial charge in [0.15, 0.2) is 18.1 Å². The van der Waals surface area contributed by atoms with Crippen LogP contribution < -0.4 is 14.2 Å². The van der Waals surface area contributed by atoms with Crippen molar-refractivity contribution in [2.75, 3.05) is 26.9 Å². The molecule has 1 saturated heterocycles. The molecule has 1 fully saturated rings. The zero-order valence-corrected chi connectivity index (χ0v) is 16.6. The number of likely N-dealkylation sites (tertiary alicyclic amines) is 1. The predicted octanol–water partition coefficient (Wildman–Crippen LogP) is 2.81. The molecule has 0 aromatic heterocycles. The number of fused-ring (bicyclic) bond motifs is 1. The van der Waals surface area contributed by atoms with Crippen LogP contribution in [0.15, 0.2) is 18.2 Å². The third-order valence-corrected chi connectivity index (χ3v) is 5.08. The minimum absolute atomic E-state index is 0.151. The fourth-order valence-electron chi connectivity index (χ4n) is 3.72. The van der Waals surface area contributed by atoms with E-state index in [2.05, 4.69) is 0 Å². The molecule has 0 N–H and O–H groups in total. The highest BCUT2D eigenvalue weighted by atomic mass is 16.6. The maximum atomic E-state index is 12.4. The highest BCUT2D eigenvalue weighted by Crippen LogP contribution is 2.40. The first-order chi connectivity index (χ1) is 13.5. The summed E-state index contributed by atoms with van der Waals surface area (Å²) >= 11 is 0. The summed E-state index contributed by atoms with van der Waals surface area (Å²) < 4.78 is 21.6. The molecule has 1 aromatic rings. The summed E-state index contributed by atoms with van der Waals surface area (Å²) in [7, 11) is 1.55. The number of carbonyl (C=O) groups excluding carboxylic acids is 2. The maximum Gasteiger partial charge on any atom is 0.331 e. The monoisotopic (exact) mass is 389 g/mol. The topological polar surface area (TPSA) is 74.3 Å². The molecule has 0 bridgehead atoms. The quantitative estimate of drug-likeness (QED) is 0.570. The molecule has 0 saturated carbocycles. The summed E-state index contributed by atoms with van der Waals surface area (Å²) in [5.74, 6) is 0.946. The van der Waals surface area contributed by atoms with Crippen molar-refractivity contribution in [1.29, 1.82) is 0 Å². The fraction of sp³-hybridized carbons (Fsp3) is 0.524. The molecule has 0 aliphatic carbocycles. The van der Waals surface area contributed by atoms with Crippen molar-refractivity contribution in [2.24, 2.45) is 0 Å². The van der Waals surface area contributed by atoms with E-state index in [9.17, 15) is 9.59 Å². The van der Waals surface area contributed by atoms with E-state index in [4.69, 9.17) is 18.9 Å². The van der Waals surface area contributed by atoms with Crippen LogP contribution in [0.3, 0.4) is 0 Å². The summed E-state index contributed by atoms with van der Waals surface area (Å²) in [4.78, 5) is 26.3. The Balaban J connectivity index is 1.59. The van der Waals surface area contributed by atoms with Gasteiger partial charge in [-0.25, -0.2) is 4.79 Å². The van der Waals surface area contributed by atoms with Crippen molar-refractivity contribution in [1.82, 2.24) is 4.90 Å². The lowest BCUT2D eigenvalue weighted by Crippen LogP contribution is -2.49. The third-order valence-electron chi connectivity index (χ3n) is 5.08. The van der Waals surface area contributed by atoms with E-state index in [0.717, 1.165) is 19.3 Å². The lowest BCUT2D eigenvalue weighted by Gasteiger charge is -2.38. The maximum absolute atomic E-state index is 12.4. The van der Waals surface area contributed by atoms with E-state index in [1.165, 1.54) is 6.08 Å². The second-order valence-corrected chi connectivity index (χ2v) is 7.12. The molecule has 2 atom stereocenters. The Kier molecular flexibility index (Phi) is 6.44. The van der Waals surface area contributed by atoms with Crippen molar-refractivity contribution in [3.05, 3.63) is 23.8 Å². The van der Waals surface area contributed by atoms with Gasteiger partial charge in [0.2, 0.25) is 5.75 Å². The van der Waals surface area contributed by atoms with Crippen molar-refractivity contribution in [3.8, 4) is 17.2 Å². The average molecular weight is 389 g/mol. The Morgan fingerprint density at radius 1 is 1.18 bits per heavy atom. The van der Waals surface area contributed by atoms with E-state index in [1.54, 1.807) is 25.3 Å². The molecule has 2 aliphatic rings. The molecular formula is C21H27NO6. The number of benzene rings is 1. The lowest BCUT2D eigenvalue weighted by atomic mass is 9.97. The van der Waals surface area contributed by atoms with Gasteiger partial charge in [-0.3, -0.25) is 4.79 Å². The molecule has 0 unspecified atom stereocenters. The number of esters is 1. The zero-order valence-electron chi connectivity index (χ0n) is 16.6.